The highest BCUT2D eigenvalue weighted by molar-refractivity contribution is 7.99. The number of carbonyl (C=O) groups is 3. The van der Waals surface area contributed by atoms with Gasteiger partial charge in [0, 0.05) is 5.75 Å². The maximum Gasteiger partial charge on any atom is 0.329 e. The predicted molar refractivity (Wildman–Crippen MR) is 71.8 cm³/mol. The minimum atomic E-state index is -1.18. The zero-order valence-electron chi connectivity index (χ0n) is 11.0. The fraction of sp³-hybridized carbons (Fsp3) is 0.727. The van der Waals surface area contributed by atoms with Gasteiger partial charge >= 0.3 is 11.9 Å². The molecule has 19 heavy (non-hydrogen) atoms. The summed E-state index contributed by atoms with van der Waals surface area (Å²) in [7, 11) is 1.23. The summed E-state index contributed by atoms with van der Waals surface area (Å²) in [6.45, 7) is 2.00. The van der Waals surface area contributed by atoms with Crippen LogP contribution in [0.25, 0.3) is 0 Å². The molecule has 0 aromatic carbocycles. The molecule has 0 aliphatic heterocycles. The fourth-order valence-electron chi connectivity index (χ4n) is 1.22. The van der Waals surface area contributed by atoms with Gasteiger partial charge in [0.1, 0.15) is 6.04 Å². The number of esters is 1. The molecule has 0 aliphatic rings. The normalized spacial score (nSPS) is 13.4. The summed E-state index contributed by atoms with van der Waals surface area (Å²) in [5, 5.41) is 10.9. The molecule has 4 N–H and O–H groups in total. The Morgan fingerprint density at radius 2 is 2.05 bits per heavy atom. The fourth-order valence-corrected chi connectivity index (χ4v) is 2.13. The average Bonchev–Trinajstić information content (AvgIpc) is 2.35. The van der Waals surface area contributed by atoms with Gasteiger partial charge in [-0.2, -0.15) is 11.8 Å². The van der Waals surface area contributed by atoms with Crippen LogP contribution in [0.1, 0.15) is 19.8 Å². The Bertz CT molecular complexity index is 324. The summed E-state index contributed by atoms with van der Waals surface area (Å²) in [6.07, 6.45) is 0.465. The number of aliphatic carboxylic acids is 1. The van der Waals surface area contributed by atoms with Gasteiger partial charge in [-0.1, -0.05) is 6.92 Å². The molecule has 0 aromatic heterocycles. The van der Waals surface area contributed by atoms with Crippen LogP contribution in [0.5, 0.6) is 0 Å². The Morgan fingerprint density at radius 1 is 1.42 bits per heavy atom. The Hall–Kier alpha value is -1.28. The molecule has 2 atom stereocenters. The number of thioether (sulfide) groups is 1. The van der Waals surface area contributed by atoms with Crippen LogP contribution in [0.3, 0.4) is 0 Å². The third-order valence-corrected chi connectivity index (χ3v) is 3.43. The molecular formula is C11H20N2O5S. The van der Waals surface area contributed by atoms with E-state index in [9.17, 15) is 14.4 Å². The second-order valence-corrected chi connectivity index (χ2v) is 5.01. The first-order valence-corrected chi connectivity index (χ1v) is 7.01. The molecule has 0 bridgehead atoms. The molecule has 0 aromatic rings. The highest BCUT2D eigenvalue weighted by atomic mass is 32.2. The monoisotopic (exact) mass is 292 g/mol. The van der Waals surface area contributed by atoms with Gasteiger partial charge in [-0.15, -0.1) is 0 Å². The lowest BCUT2D eigenvalue weighted by Crippen LogP contribution is -2.50. The Labute approximate surface area is 116 Å². The van der Waals surface area contributed by atoms with Crippen LogP contribution in [-0.4, -0.2) is 53.7 Å². The first-order valence-electron chi connectivity index (χ1n) is 5.85. The van der Waals surface area contributed by atoms with Gasteiger partial charge in [0.05, 0.1) is 19.6 Å². The number of rotatable bonds is 9. The number of carbonyl (C=O) groups excluding carboxylic acids is 2. The van der Waals surface area contributed by atoms with Crippen molar-refractivity contribution >= 4 is 29.6 Å². The van der Waals surface area contributed by atoms with Crippen LogP contribution in [0.4, 0.5) is 0 Å². The summed E-state index contributed by atoms with van der Waals surface area (Å²) in [6, 6.07) is -1.99. The van der Waals surface area contributed by atoms with E-state index in [2.05, 4.69) is 10.1 Å². The van der Waals surface area contributed by atoms with Gasteiger partial charge in [-0.25, -0.2) is 4.79 Å². The Balaban J connectivity index is 4.41. The van der Waals surface area contributed by atoms with Crippen molar-refractivity contribution in [3.63, 3.8) is 0 Å². The van der Waals surface area contributed by atoms with Crippen LogP contribution in [-0.2, 0) is 19.1 Å². The van der Waals surface area contributed by atoms with Crippen molar-refractivity contribution in [1.29, 1.82) is 0 Å². The molecule has 0 saturated carbocycles. The lowest BCUT2D eigenvalue weighted by atomic mass is 10.2. The molecule has 0 fully saturated rings. The Kier molecular flexibility index (Phi) is 8.98. The van der Waals surface area contributed by atoms with Crippen LogP contribution < -0.4 is 11.1 Å². The van der Waals surface area contributed by atoms with Crippen molar-refractivity contribution in [3.8, 4) is 0 Å². The van der Waals surface area contributed by atoms with E-state index in [4.69, 9.17) is 10.8 Å². The first-order chi connectivity index (χ1) is 8.92. The van der Waals surface area contributed by atoms with Gasteiger partial charge in [0.25, 0.3) is 0 Å². The van der Waals surface area contributed by atoms with Crippen molar-refractivity contribution in [2.45, 2.75) is 31.8 Å². The summed E-state index contributed by atoms with van der Waals surface area (Å²) in [5.74, 6) is -1.19. The molecule has 8 heteroatoms. The number of nitrogens with one attached hydrogen (secondary N) is 1. The zero-order chi connectivity index (χ0) is 14.8. The molecule has 0 saturated heterocycles. The number of carboxylic acids is 1. The lowest BCUT2D eigenvalue weighted by molar-refractivity contribution is -0.144. The van der Waals surface area contributed by atoms with Crippen molar-refractivity contribution in [2.75, 3.05) is 18.6 Å². The second kappa shape index (κ2) is 9.62. The van der Waals surface area contributed by atoms with E-state index in [0.29, 0.717) is 5.75 Å². The van der Waals surface area contributed by atoms with Crippen molar-refractivity contribution in [3.05, 3.63) is 0 Å². The minimum Gasteiger partial charge on any atom is -0.481 e. The molecule has 0 spiro atoms. The summed E-state index contributed by atoms with van der Waals surface area (Å²) in [4.78, 5) is 33.5. The third-order valence-electron chi connectivity index (χ3n) is 2.17. The summed E-state index contributed by atoms with van der Waals surface area (Å²) in [5.41, 5.74) is 5.41. The van der Waals surface area contributed by atoms with E-state index in [0.717, 1.165) is 12.2 Å². The van der Waals surface area contributed by atoms with Gasteiger partial charge in [-0.3, -0.25) is 9.59 Å². The zero-order valence-corrected chi connectivity index (χ0v) is 11.9. The first kappa shape index (κ1) is 17.7. The van der Waals surface area contributed by atoms with Crippen molar-refractivity contribution < 1.29 is 24.2 Å². The van der Waals surface area contributed by atoms with Crippen LogP contribution in [0.15, 0.2) is 0 Å². The summed E-state index contributed by atoms with van der Waals surface area (Å²) >= 11 is 1.50. The molecule has 7 nitrogen and oxygen atoms in total. The van der Waals surface area contributed by atoms with Crippen LogP contribution in [0.2, 0.25) is 0 Å². The van der Waals surface area contributed by atoms with E-state index in [1.54, 1.807) is 0 Å². The van der Waals surface area contributed by atoms with E-state index in [1.165, 1.54) is 18.9 Å². The second-order valence-electron chi connectivity index (χ2n) is 3.86. The number of hydrogen-bond donors (Lipinski definition) is 3. The number of amides is 1. The smallest absolute Gasteiger partial charge is 0.329 e. The standard InChI is InChI=1S/C11H20N2O5S/c1-3-4-19-6-8(11(17)18-2)13-10(16)7(12)5-9(14)15/h7-8H,3-6,12H2,1-2H3,(H,13,16)(H,14,15)/t7-,8-/m1/s1. The maximum atomic E-state index is 11.6. The highest BCUT2D eigenvalue weighted by Crippen LogP contribution is 2.06. The topological polar surface area (TPSA) is 119 Å². The number of nitrogens with two attached hydrogens (primary N) is 1. The van der Waals surface area contributed by atoms with E-state index >= 15 is 0 Å². The van der Waals surface area contributed by atoms with E-state index in [1.807, 2.05) is 6.92 Å². The minimum absolute atomic E-state index is 0.367. The predicted octanol–water partition coefficient (Wildman–Crippen LogP) is -0.411. The molecule has 1 amide bonds. The molecule has 0 unspecified atom stereocenters. The van der Waals surface area contributed by atoms with Crippen molar-refractivity contribution in [1.82, 2.24) is 5.32 Å². The van der Waals surface area contributed by atoms with Crippen molar-refractivity contribution in [2.24, 2.45) is 5.73 Å². The van der Waals surface area contributed by atoms with E-state index < -0.39 is 36.4 Å². The van der Waals surface area contributed by atoms with Gasteiger partial charge in [-0.05, 0) is 12.2 Å². The number of methoxy groups -OCH3 is 1. The largest absolute Gasteiger partial charge is 0.481 e. The molecule has 0 radical (unpaired) electrons. The molecule has 0 aliphatic carbocycles. The highest BCUT2D eigenvalue weighted by Gasteiger charge is 2.25. The van der Waals surface area contributed by atoms with Gasteiger partial charge in [0.2, 0.25) is 5.91 Å². The maximum absolute atomic E-state index is 11.6. The lowest BCUT2D eigenvalue weighted by Gasteiger charge is -2.18. The quantitative estimate of drug-likeness (QED) is 0.390. The molecular weight excluding hydrogens is 272 g/mol. The van der Waals surface area contributed by atoms with Gasteiger partial charge in [0.15, 0.2) is 0 Å². The van der Waals surface area contributed by atoms with E-state index in [-0.39, 0.29) is 0 Å². The average molecular weight is 292 g/mol. The molecule has 0 rings (SSSR count). The number of ether oxygens (including phenoxy) is 1. The molecule has 0 heterocycles. The third kappa shape index (κ3) is 7.68. The number of hydrogen-bond acceptors (Lipinski definition) is 6. The number of carboxylic acid groups (broad SMARTS) is 1. The SMILES string of the molecule is CCCSC[C@@H](NC(=O)[C@H](N)CC(=O)O)C(=O)OC. The Morgan fingerprint density at radius 3 is 2.53 bits per heavy atom. The molecule has 110 valence electrons. The van der Waals surface area contributed by atoms with Gasteiger partial charge < -0.3 is 20.9 Å². The van der Waals surface area contributed by atoms with Crippen LogP contribution in [0, 0.1) is 0 Å². The van der Waals surface area contributed by atoms with Crippen LogP contribution >= 0.6 is 11.8 Å². The summed E-state index contributed by atoms with van der Waals surface area (Å²) < 4.78 is 4.58.